The summed E-state index contributed by atoms with van der Waals surface area (Å²) in [6, 6.07) is 5.28. The van der Waals surface area contributed by atoms with E-state index in [0.29, 0.717) is 5.56 Å². The fourth-order valence-electron chi connectivity index (χ4n) is 1.43. The second-order valence-electron chi connectivity index (χ2n) is 3.84. The Morgan fingerprint density at radius 2 is 2.06 bits per heavy atom. The Labute approximate surface area is 97.3 Å². The molecule has 0 fully saturated rings. The molecule has 1 rings (SSSR count). The lowest BCUT2D eigenvalue weighted by Gasteiger charge is -2.22. The van der Waals surface area contributed by atoms with Crippen molar-refractivity contribution in [2.45, 2.75) is 25.3 Å². The van der Waals surface area contributed by atoms with E-state index in [1.54, 1.807) is 0 Å². The highest BCUT2D eigenvalue weighted by Gasteiger charge is 2.31. The van der Waals surface area contributed by atoms with E-state index in [1.165, 1.54) is 31.2 Å². The molecule has 1 aromatic carbocycles. The lowest BCUT2D eigenvalue weighted by Crippen LogP contribution is -2.21. The van der Waals surface area contributed by atoms with Gasteiger partial charge in [0.05, 0.1) is 5.60 Å². The molecule has 0 aliphatic rings. The molecule has 0 aliphatic heterocycles. The third-order valence-corrected chi connectivity index (χ3v) is 2.23. The zero-order valence-electron chi connectivity index (χ0n) is 9.29. The number of alkyl halides is 3. The fraction of sp³-hybridized carbons (Fsp3) is 0.333. The van der Waals surface area contributed by atoms with Crippen LogP contribution in [0, 0.1) is 0 Å². The maximum atomic E-state index is 12.0. The monoisotopic (exact) mass is 246 g/mol. The van der Waals surface area contributed by atoms with Gasteiger partial charge in [-0.05, 0) is 31.0 Å². The van der Waals surface area contributed by atoms with Crippen molar-refractivity contribution in [1.82, 2.24) is 0 Å². The molecular formula is C12H13F3O2. The van der Waals surface area contributed by atoms with Gasteiger partial charge in [0.15, 0.2) is 0 Å². The summed E-state index contributed by atoms with van der Waals surface area (Å²) in [6.45, 7) is 4.98. The molecule has 0 heterocycles. The van der Waals surface area contributed by atoms with E-state index in [-0.39, 0.29) is 12.2 Å². The molecule has 0 spiro atoms. The number of benzene rings is 1. The lowest BCUT2D eigenvalue weighted by molar-refractivity contribution is -0.274. The average molecular weight is 246 g/mol. The molecule has 1 atom stereocenters. The van der Waals surface area contributed by atoms with Crippen LogP contribution >= 0.6 is 0 Å². The highest BCUT2D eigenvalue weighted by Crippen LogP contribution is 2.30. The molecule has 0 saturated carbocycles. The van der Waals surface area contributed by atoms with Crippen LogP contribution in [0.4, 0.5) is 13.2 Å². The summed E-state index contributed by atoms with van der Waals surface area (Å²) in [5.41, 5.74) is -0.911. The van der Waals surface area contributed by atoms with Crippen molar-refractivity contribution in [3.05, 3.63) is 42.5 Å². The third-order valence-electron chi connectivity index (χ3n) is 2.23. The molecule has 0 amide bonds. The topological polar surface area (TPSA) is 29.5 Å². The molecule has 1 aromatic rings. The van der Waals surface area contributed by atoms with E-state index >= 15 is 0 Å². The molecule has 5 heteroatoms. The first-order chi connectivity index (χ1) is 7.74. The van der Waals surface area contributed by atoms with Crippen molar-refractivity contribution in [3.8, 4) is 5.75 Å². The summed E-state index contributed by atoms with van der Waals surface area (Å²) in [5.74, 6) is -0.348. The summed E-state index contributed by atoms with van der Waals surface area (Å²) in [4.78, 5) is 0. The molecule has 1 N–H and O–H groups in total. The Morgan fingerprint density at radius 3 is 2.59 bits per heavy atom. The Bertz CT molecular complexity index is 397. The highest BCUT2D eigenvalue weighted by atomic mass is 19.4. The summed E-state index contributed by atoms with van der Waals surface area (Å²) in [6.07, 6.45) is -3.00. The predicted octanol–water partition coefficient (Wildman–Crippen LogP) is 3.37. The standard InChI is InChI=1S/C12H13F3O2/c1-3-7-11(2,16)9-5-4-6-10(8-9)17-12(13,14)15/h3-6,8,16H,1,7H2,2H3/t11-/m1/s1. The number of halogens is 3. The fourth-order valence-corrected chi connectivity index (χ4v) is 1.43. The van der Waals surface area contributed by atoms with E-state index in [1.807, 2.05) is 0 Å². The smallest absolute Gasteiger partial charge is 0.406 e. The van der Waals surface area contributed by atoms with Crippen LogP contribution in [0.2, 0.25) is 0 Å². The van der Waals surface area contributed by atoms with Crippen molar-refractivity contribution < 1.29 is 23.0 Å². The molecule has 0 saturated heterocycles. The Kier molecular flexibility index (Phi) is 3.83. The van der Waals surface area contributed by atoms with E-state index < -0.39 is 12.0 Å². The minimum Gasteiger partial charge on any atom is -0.406 e. The van der Waals surface area contributed by atoms with Gasteiger partial charge in [0.25, 0.3) is 0 Å². The first-order valence-corrected chi connectivity index (χ1v) is 4.94. The summed E-state index contributed by atoms with van der Waals surface area (Å²) < 4.78 is 39.8. The lowest BCUT2D eigenvalue weighted by atomic mass is 9.92. The largest absolute Gasteiger partial charge is 0.573 e. The van der Waals surface area contributed by atoms with Gasteiger partial charge >= 0.3 is 6.36 Å². The van der Waals surface area contributed by atoms with Gasteiger partial charge < -0.3 is 9.84 Å². The van der Waals surface area contributed by atoms with Crippen molar-refractivity contribution in [3.63, 3.8) is 0 Å². The number of hydrogen-bond donors (Lipinski definition) is 1. The van der Waals surface area contributed by atoms with E-state index in [0.717, 1.165) is 6.07 Å². The van der Waals surface area contributed by atoms with E-state index in [2.05, 4.69) is 11.3 Å². The van der Waals surface area contributed by atoms with Gasteiger partial charge in [-0.1, -0.05) is 18.2 Å². The molecule has 0 unspecified atom stereocenters. The number of aliphatic hydroxyl groups is 1. The predicted molar refractivity (Wildman–Crippen MR) is 57.5 cm³/mol. The number of hydrogen-bond acceptors (Lipinski definition) is 2. The minimum atomic E-state index is -4.73. The highest BCUT2D eigenvalue weighted by molar-refractivity contribution is 5.32. The second kappa shape index (κ2) is 4.79. The van der Waals surface area contributed by atoms with Crippen LogP contribution in [-0.2, 0) is 5.60 Å². The first kappa shape index (κ1) is 13.6. The van der Waals surface area contributed by atoms with Crippen LogP contribution in [0.25, 0.3) is 0 Å². The van der Waals surface area contributed by atoms with Crippen LogP contribution in [0.1, 0.15) is 18.9 Å². The van der Waals surface area contributed by atoms with Crippen molar-refractivity contribution in [1.29, 1.82) is 0 Å². The third kappa shape index (κ3) is 4.11. The summed E-state index contributed by atoms with van der Waals surface area (Å²) >= 11 is 0. The Hall–Kier alpha value is -1.49. The maximum Gasteiger partial charge on any atom is 0.573 e. The van der Waals surface area contributed by atoms with Gasteiger partial charge in [-0.2, -0.15) is 0 Å². The Morgan fingerprint density at radius 1 is 1.41 bits per heavy atom. The van der Waals surface area contributed by atoms with Crippen molar-refractivity contribution >= 4 is 0 Å². The van der Waals surface area contributed by atoms with Gasteiger partial charge in [-0.3, -0.25) is 0 Å². The molecule has 0 aliphatic carbocycles. The zero-order chi connectivity index (χ0) is 13.1. The van der Waals surface area contributed by atoms with Crippen LogP contribution in [0.3, 0.4) is 0 Å². The molecule has 2 nitrogen and oxygen atoms in total. The Balaban J connectivity index is 2.97. The molecule has 0 aromatic heterocycles. The first-order valence-electron chi connectivity index (χ1n) is 4.94. The van der Waals surface area contributed by atoms with Gasteiger partial charge in [-0.25, -0.2) is 0 Å². The van der Waals surface area contributed by atoms with E-state index in [9.17, 15) is 18.3 Å². The normalized spacial score (nSPS) is 15.1. The van der Waals surface area contributed by atoms with Crippen LogP contribution < -0.4 is 4.74 Å². The van der Waals surface area contributed by atoms with Gasteiger partial charge in [0, 0.05) is 0 Å². The van der Waals surface area contributed by atoms with Gasteiger partial charge in [0.1, 0.15) is 5.75 Å². The molecule has 0 radical (unpaired) electrons. The SMILES string of the molecule is C=CC[C@@](C)(O)c1cccc(OC(F)(F)F)c1. The number of rotatable bonds is 4. The van der Waals surface area contributed by atoms with Crippen molar-refractivity contribution in [2.24, 2.45) is 0 Å². The van der Waals surface area contributed by atoms with E-state index in [4.69, 9.17) is 0 Å². The summed E-state index contributed by atoms with van der Waals surface area (Å²) in [7, 11) is 0. The number of ether oxygens (including phenoxy) is 1. The molecule has 0 bridgehead atoms. The van der Waals surface area contributed by atoms with Gasteiger partial charge in [-0.15, -0.1) is 19.8 Å². The second-order valence-corrected chi connectivity index (χ2v) is 3.84. The van der Waals surface area contributed by atoms with Crippen molar-refractivity contribution in [2.75, 3.05) is 0 Å². The van der Waals surface area contributed by atoms with Crippen LogP contribution in [0.5, 0.6) is 5.75 Å². The quantitative estimate of drug-likeness (QED) is 0.825. The van der Waals surface area contributed by atoms with Gasteiger partial charge in [0.2, 0.25) is 0 Å². The van der Waals surface area contributed by atoms with Crippen LogP contribution in [0.15, 0.2) is 36.9 Å². The molecule has 17 heavy (non-hydrogen) atoms. The maximum absolute atomic E-state index is 12.0. The molecule has 94 valence electrons. The summed E-state index contributed by atoms with van der Waals surface area (Å²) in [5, 5.41) is 10.0. The van der Waals surface area contributed by atoms with Crippen LogP contribution in [-0.4, -0.2) is 11.5 Å². The average Bonchev–Trinajstić information content (AvgIpc) is 2.15. The molecular weight excluding hydrogens is 233 g/mol. The zero-order valence-corrected chi connectivity index (χ0v) is 9.29. The minimum absolute atomic E-state index is 0.239.